The Hall–Kier alpha value is -1.34. The molecule has 7 heteroatoms. The smallest absolute Gasteiger partial charge is 0.326 e. The van der Waals surface area contributed by atoms with Crippen LogP contribution in [0.3, 0.4) is 0 Å². The van der Waals surface area contributed by atoms with Gasteiger partial charge in [0.05, 0.1) is 12.2 Å². The third-order valence-corrected chi connectivity index (χ3v) is 5.06. The fourth-order valence-corrected chi connectivity index (χ4v) is 4.02. The summed E-state index contributed by atoms with van der Waals surface area (Å²) in [4.78, 5) is 27.4. The molecule has 3 aliphatic rings. The van der Waals surface area contributed by atoms with E-state index in [1.54, 1.807) is 12.0 Å². The van der Waals surface area contributed by atoms with Gasteiger partial charge in [0, 0.05) is 32.2 Å². The molecule has 0 aliphatic carbocycles. The summed E-state index contributed by atoms with van der Waals surface area (Å²) in [5.41, 5.74) is 0. The number of piperidine rings is 1. The average Bonchev–Trinajstić information content (AvgIpc) is 2.98. The first-order valence-electron chi connectivity index (χ1n) is 7.53. The number of nitrogens with zero attached hydrogens (tertiary/aromatic N) is 2. The number of rotatable bonds is 2. The van der Waals surface area contributed by atoms with Gasteiger partial charge in [-0.05, 0) is 25.7 Å². The maximum Gasteiger partial charge on any atom is 0.326 e. The molecule has 0 aromatic rings. The van der Waals surface area contributed by atoms with Gasteiger partial charge in [-0.2, -0.15) is 0 Å². The topological polar surface area (TPSA) is 90.3 Å². The van der Waals surface area contributed by atoms with Crippen LogP contribution < -0.4 is 0 Å². The highest BCUT2D eigenvalue weighted by atomic mass is 16.5. The van der Waals surface area contributed by atoms with E-state index >= 15 is 0 Å². The van der Waals surface area contributed by atoms with E-state index in [0.717, 1.165) is 12.8 Å². The van der Waals surface area contributed by atoms with Gasteiger partial charge in [-0.3, -0.25) is 0 Å². The molecule has 3 aliphatic heterocycles. The minimum absolute atomic E-state index is 0.0438. The van der Waals surface area contributed by atoms with Gasteiger partial charge in [-0.15, -0.1) is 0 Å². The number of urea groups is 1. The van der Waals surface area contributed by atoms with E-state index in [2.05, 4.69) is 0 Å². The number of carbonyl (C=O) groups is 2. The molecule has 0 aromatic heterocycles. The third-order valence-electron chi connectivity index (χ3n) is 5.06. The molecule has 3 heterocycles. The molecule has 0 spiro atoms. The van der Waals surface area contributed by atoms with Gasteiger partial charge in [0.1, 0.15) is 6.04 Å². The quantitative estimate of drug-likeness (QED) is 0.763. The minimum atomic E-state index is -0.979. The molecule has 4 unspecified atom stereocenters. The van der Waals surface area contributed by atoms with Crippen LogP contribution >= 0.6 is 0 Å². The number of amides is 2. The van der Waals surface area contributed by atoms with Crippen LogP contribution in [0.4, 0.5) is 4.79 Å². The van der Waals surface area contributed by atoms with Gasteiger partial charge in [-0.25, -0.2) is 9.59 Å². The highest BCUT2D eigenvalue weighted by molar-refractivity contribution is 5.84. The molecule has 0 saturated carbocycles. The van der Waals surface area contributed by atoms with Gasteiger partial charge in [0.25, 0.3) is 0 Å². The van der Waals surface area contributed by atoms with Gasteiger partial charge in [-0.1, -0.05) is 0 Å². The molecule has 2 amide bonds. The number of ether oxygens (including phenoxy) is 1. The number of aliphatic hydroxyl groups excluding tert-OH is 1. The zero-order chi connectivity index (χ0) is 15.1. The van der Waals surface area contributed by atoms with Crippen molar-refractivity contribution in [2.75, 3.05) is 13.7 Å². The highest BCUT2D eigenvalue weighted by Crippen LogP contribution is 2.37. The number of carboxylic acids is 1. The summed E-state index contributed by atoms with van der Waals surface area (Å²) >= 11 is 0. The summed E-state index contributed by atoms with van der Waals surface area (Å²) in [6.45, 7) is 0.324. The number of methoxy groups -OCH3 is 1. The zero-order valence-electron chi connectivity index (χ0n) is 12.1. The Kier molecular flexibility index (Phi) is 3.79. The van der Waals surface area contributed by atoms with Crippen LogP contribution in [0.15, 0.2) is 0 Å². The summed E-state index contributed by atoms with van der Waals surface area (Å²) in [5.74, 6) is -0.979. The van der Waals surface area contributed by atoms with E-state index in [1.807, 2.05) is 0 Å². The van der Waals surface area contributed by atoms with E-state index in [0.29, 0.717) is 25.8 Å². The monoisotopic (exact) mass is 298 g/mol. The Balaban J connectivity index is 1.77. The van der Waals surface area contributed by atoms with Crippen molar-refractivity contribution in [3.05, 3.63) is 0 Å². The number of carboxylic acid groups (broad SMARTS) is 1. The summed E-state index contributed by atoms with van der Waals surface area (Å²) in [6, 6.07) is -0.931. The second-order valence-electron chi connectivity index (χ2n) is 6.30. The molecule has 3 saturated heterocycles. The van der Waals surface area contributed by atoms with Crippen LogP contribution in [0.2, 0.25) is 0 Å². The molecule has 21 heavy (non-hydrogen) atoms. The molecule has 4 atom stereocenters. The number of carbonyl (C=O) groups excluding carboxylic acids is 1. The van der Waals surface area contributed by atoms with Crippen molar-refractivity contribution in [2.24, 2.45) is 0 Å². The molecule has 2 N–H and O–H groups in total. The van der Waals surface area contributed by atoms with Crippen molar-refractivity contribution in [2.45, 2.75) is 62.4 Å². The number of hydrogen-bond acceptors (Lipinski definition) is 4. The first-order valence-corrected chi connectivity index (χ1v) is 7.53. The van der Waals surface area contributed by atoms with Gasteiger partial charge < -0.3 is 24.7 Å². The average molecular weight is 298 g/mol. The molecule has 118 valence electrons. The predicted molar refractivity (Wildman–Crippen MR) is 72.8 cm³/mol. The summed E-state index contributed by atoms with van der Waals surface area (Å²) in [6.07, 6.45) is 2.77. The van der Waals surface area contributed by atoms with Crippen molar-refractivity contribution < 1.29 is 24.5 Å². The lowest BCUT2D eigenvalue weighted by molar-refractivity contribution is -0.141. The summed E-state index contributed by atoms with van der Waals surface area (Å²) in [7, 11) is 1.54. The van der Waals surface area contributed by atoms with E-state index in [9.17, 15) is 19.8 Å². The van der Waals surface area contributed by atoms with Gasteiger partial charge in [0.2, 0.25) is 0 Å². The van der Waals surface area contributed by atoms with Crippen LogP contribution in [0.1, 0.15) is 32.1 Å². The summed E-state index contributed by atoms with van der Waals surface area (Å²) < 4.78 is 5.23. The molecular weight excluding hydrogens is 276 g/mol. The van der Waals surface area contributed by atoms with Crippen molar-refractivity contribution in [1.82, 2.24) is 9.80 Å². The first kappa shape index (κ1) is 14.6. The number of hydrogen-bond donors (Lipinski definition) is 2. The SMILES string of the molecule is COC1CC(C(=O)O)N(C(=O)N2C3CCC2CC(O)C3)C1. The van der Waals surface area contributed by atoms with E-state index in [1.165, 1.54) is 4.90 Å². The van der Waals surface area contributed by atoms with E-state index in [-0.39, 0.29) is 30.3 Å². The normalized spacial score (nSPS) is 38.9. The molecule has 2 bridgehead atoms. The van der Waals surface area contributed by atoms with Crippen molar-refractivity contribution in [3.8, 4) is 0 Å². The maximum atomic E-state index is 12.8. The van der Waals surface area contributed by atoms with Gasteiger partial charge >= 0.3 is 12.0 Å². The minimum Gasteiger partial charge on any atom is -0.480 e. The maximum absolute atomic E-state index is 12.8. The van der Waals surface area contributed by atoms with Crippen molar-refractivity contribution in [3.63, 3.8) is 0 Å². The Morgan fingerprint density at radius 3 is 2.29 bits per heavy atom. The molecule has 0 aromatic carbocycles. The lowest BCUT2D eigenvalue weighted by Gasteiger charge is -2.40. The van der Waals surface area contributed by atoms with Crippen LogP contribution in [-0.2, 0) is 9.53 Å². The molecule has 3 rings (SSSR count). The Morgan fingerprint density at radius 2 is 1.76 bits per heavy atom. The predicted octanol–water partition coefficient (Wildman–Crippen LogP) is 0.268. The van der Waals surface area contributed by atoms with Gasteiger partial charge in [0.15, 0.2) is 0 Å². The Bertz CT molecular complexity index is 429. The summed E-state index contributed by atoms with van der Waals surface area (Å²) in [5, 5.41) is 19.1. The van der Waals surface area contributed by atoms with E-state index in [4.69, 9.17) is 4.74 Å². The number of likely N-dealkylation sites (tertiary alicyclic amines) is 1. The Morgan fingerprint density at radius 1 is 1.14 bits per heavy atom. The zero-order valence-corrected chi connectivity index (χ0v) is 12.1. The second-order valence-corrected chi connectivity index (χ2v) is 6.30. The Labute approximate surface area is 123 Å². The third kappa shape index (κ3) is 2.48. The second kappa shape index (κ2) is 5.46. The lowest BCUT2D eigenvalue weighted by atomic mass is 10.0. The largest absolute Gasteiger partial charge is 0.480 e. The van der Waals surface area contributed by atoms with Crippen molar-refractivity contribution in [1.29, 1.82) is 0 Å². The molecule has 0 radical (unpaired) electrons. The number of fused-ring (bicyclic) bond motifs is 2. The molecule has 7 nitrogen and oxygen atoms in total. The van der Waals surface area contributed by atoms with Crippen molar-refractivity contribution >= 4 is 12.0 Å². The van der Waals surface area contributed by atoms with Crippen LogP contribution in [0.25, 0.3) is 0 Å². The lowest BCUT2D eigenvalue weighted by Crippen LogP contribution is -2.55. The number of aliphatic hydroxyl groups is 1. The van der Waals surface area contributed by atoms with E-state index < -0.39 is 12.0 Å². The van der Waals surface area contributed by atoms with Crippen LogP contribution in [-0.4, -0.2) is 76.0 Å². The highest BCUT2D eigenvalue weighted by Gasteiger charge is 2.48. The molecule has 3 fully saturated rings. The molecular formula is C14H22N2O5. The number of aliphatic carboxylic acids is 1. The van der Waals surface area contributed by atoms with Crippen LogP contribution in [0, 0.1) is 0 Å². The fourth-order valence-electron chi connectivity index (χ4n) is 4.02. The standard InChI is InChI=1S/C14H22N2O5/c1-21-11-6-12(13(18)19)15(7-11)14(20)16-8-2-3-9(16)5-10(17)4-8/h8-12,17H,2-7H2,1H3,(H,18,19). The first-order chi connectivity index (χ1) is 10.0. The van der Waals surface area contributed by atoms with Crippen LogP contribution in [0.5, 0.6) is 0 Å². The fraction of sp³-hybridized carbons (Fsp3) is 0.857.